The standard InChI is InChI=1S/C16H16F3NS/c1-10-7-8-11(16(19)15(10)18)13(20-2)9-21-14-6-4-3-5-12(14)17/h3-8,13,20H,9H2,1-2H3. The molecule has 0 fully saturated rings. The Kier molecular flexibility index (Phi) is 5.31. The van der Waals surface area contributed by atoms with Gasteiger partial charge in [0, 0.05) is 22.3 Å². The van der Waals surface area contributed by atoms with Gasteiger partial charge in [0.1, 0.15) is 5.82 Å². The minimum atomic E-state index is -0.844. The summed E-state index contributed by atoms with van der Waals surface area (Å²) in [4.78, 5) is 0.491. The molecule has 0 saturated carbocycles. The quantitative estimate of drug-likeness (QED) is 0.818. The van der Waals surface area contributed by atoms with Crippen LogP contribution >= 0.6 is 11.8 Å². The maximum absolute atomic E-state index is 14.0. The van der Waals surface area contributed by atoms with Gasteiger partial charge in [-0.15, -0.1) is 11.8 Å². The number of thioether (sulfide) groups is 1. The van der Waals surface area contributed by atoms with Crippen molar-refractivity contribution in [3.8, 4) is 0 Å². The molecule has 0 radical (unpaired) electrons. The summed E-state index contributed by atoms with van der Waals surface area (Å²) < 4.78 is 41.2. The number of aryl methyl sites for hydroxylation is 1. The molecule has 0 heterocycles. The fraction of sp³-hybridized carbons (Fsp3) is 0.250. The summed E-state index contributed by atoms with van der Waals surface area (Å²) in [6.07, 6.45) is 0. The summed E-state index contributed by atoms with van der Waals surface area (Å²) in [5.41, 5.74) is 0.525. The molecule has 21 heavy (non-hydrogen) atoms. The summed E-state index contributed by atoms with van der Waals surface area (Å²) in [5.74, 6) is -1.59. The van der Waals surface area contributed by atoms with Crippen LogP contribution in [0.2, 0.25) is 0 Å². The SMILES string of the molecule is CNC(CSc1ccccc1F)c1ccc(C)c(F)c1F. The van der Waals surface area contributed by atoms with E-state index >= 15 is 0 Å². The minimum absolute atomic E-state index is 0.254. The Balaban J connectivity index is 2.18. The van der Waals surface area contributed by atoms with Crippen LogP contribution in [0.4, 0.5) is 13.2 Å². The van der Waals surface area contributed by atoms with Crippen molar-refractivity contribution < 1.29 is 13.2 Å². The van der Waals surface area contributed by atoms with Gasteiger partial charge in [-0.2, -0.15) is 0 Å². The lowest BCUT2D eigenvalue weighted by Gasteiger charge is -2.18. The van der Waals surface area contributed by atoms with Gasteiger partial charge in [0.2, 0.25) is 0 Å². The Morgan fingerprint density at radius 1 is 1.05 bits per heavy atom. The van der Waals surface area contributed by atoms with Gasteiger partial charge >= 0.3 is 0 Å². The normalized spacial score (nSPS) is 12.4. The monoisotopic (exact) mass is 311 g/mol. The molecule has 1 unspecified atom stereocenters. The maximum atomic E-state index is 14.0. The van der Waals surface area contributed by atoms with E-state index in [9.17, 15) is 13.2 Å². The first-order valence-corrected chi connectivity index (χ1v) is 7.52. The second kappa shape index (κ2) is 7.00. The number of hydrogen-bond acceptors (Lipinski definition) is 2. The molecule has 0 aliphatic carbocycles. The average Bonchev–Trinajstić information content (AvgIpc) is 2.49. The number of halogens is 3. The third kappa shape index (κ3) is 3.60. The van der Waals surface area contributed by atoms with Crippen molar-refractivity contribution in [1.29, 1.82) is 0 Å². The molecule has 0 aliphatic heterocycles. The van der Waals surface area contributed by atoms with Crippen LogP contribution in [0.3, 0.4) is 0 Å². The summed E-state index contributed by atoms with van der Waals surface area (Å²) in [6.45, 7) is 1.52. The molecular weight excluding hydrogens is 295 g/mol. The van der Waals surface area contributed by atoms with Crippen molar-refractivity contribution in [3.05, 3.63) is 65.0 Å². The van der Waals surface area contributed by atoms with Gasteiger partial charge < -0.3 is 5.32 Å². The Morgan fingerprint density at radius 3 is 2.43 bits per heavy atom. The maximum Gasteiger partial charge on any atom is 0.163 e. The number of nitrogens with one attached hydrogen (secondary N) is 1. The molecule has 1 atom stereocenters. The molecule has 5 heteroatoms. The van der Waals surface area contributed by atoms with E-state index in [1.54, 1.807) is 37.4 Å². The van der Waals surface area contributed by atoms with Gasteiger partial charge in [-0.25, -0.2) is 13.2 Å². The molecule has 0 spiro atoms. The number of benzene rings is 2. The molecule has 0 saturated heterocycles. The van der Waals surface area contributed by atoms with Crippen molar-refractivity contribution in [2.24, 2.45) is 0 Å². The zero-order valence-corrected chi connectivity index (χ0v) is 12.6. The number of hydrogen-bond donors (Lipinski definition) is 1. The molecule has 1 N–H and O–H groups in total. The van der Waals surface area contributed by atoms with E-state index in [0.717, 1.165) is 0 Å². The zero-order valence-electron chi connectivity index (χ0n) is 11.8. The third-order valence-electron chi connectivity index (χ3n) is 3.27. The van der Waals surface area contributed by atoms with Crippen LogP contribution in [0.5, 0.6) is 0 Å². The lowest BCUT2D eigenvalue weighted by atomic mass is 10.1. The molecule has 112 valence electrons. The molecule has 1 nitrogen and oxygen atoms in total. The number of rotatable bonds is 5. The van der Waals surface area contributed by atoms with Gasteiger partial charge in [-0.05, 0) is 31.7 Å². The Morgan fingerprint density at radius 2 is 1.76 bits per heavy atom. The first kappa shape index (κ1) is 15.9. The predicted octanol–water partition coefficient (Wildman–Crippen LogP) is 4.47. The van der Waals surface area contributed by atoms with Gasteiger partial charge in [0.25, 0.3) is 0 Å². The highest BCUT2D eigenvalue weighted by atomic mass is 32.2. The van der Waals surface area contributed by atoms with Crippen LogP contribution in [0.1, 0.15) is 17.2 Å². The van der Waals surface area contributed by atoms with Gasteiger partial charge in [0.05, 0.1) is 0 Å². The van der Waals surface area contributed by atoms with Crippen molar-refractivity contribution >= 4 is 11.8 Å². The van der Waals surface area contributed by atoms with E-state index in [-0.39, 0.29) is 16.9 Å². The molecule has 2 rings (SSSR count). The van der Waals surface area contributed by atoms with E-state index in [0.29, 0.717) is 10.6 Å². The minimum Gasteiger partial charge on any atom is -0.312 e. The van der Waals surface area contributed by atoms with Crippen molar-refractivity contribution in [1.82, 2.24) is 5.32 Å². The highest BCUT2D eigenvalue weighted by molar-refractivity contribution is 7.99. The second-order valence-corrected chi connectivity index (χ2v) is 5.74. The van der Waals surface area contributed by atoms with E-state index in [1.165, 1.54) is 24.8 Å². The molecular formula is C16H16F3NS. The van der Waals surface area contributed by atoms with E-state index in [2.05, 4.69) is 5.32 Å². The first-order chi connectivity index (χ1) is 10.0. The highest BCUT2D eigenvalue weighted by Crippen LogP contribution is 2.29. The summed E-state index contributed by atoms with van der Waals surface area (Å²) in [5, 5.41) is 2.95. The van der Waals surface area contributed by atoms with E-state index in [4.69, 9.17) is 0 Å². The Hall–Kier alpha value is -1.46. The zero-order chi connectivity index (χ0) is 15.4. The third-order valence-corrected chi connectivity index (χ3v) is 4.41. The van der Waals surface area contributed by atoms with Crippen LogP contribution in [-0.4, -0.2) is 12.8 Å². The van der Waals surface area contributed by atoms with E-state index < -0.39 is 17.7 Å². The molecule has 0 bridgehead atoms. The fourth-order valence-corrected chi connectivity index (χ4v) is 3.07. The Bertz CT molecular complexity index is 631. The van der Waals surface area contributed by atoms with Crippen LogP contribution in [0.15, 0.2) is 41.3 Å². The average molecular weight is 311 g/mol. The lowest BCUT2D eigenvalue weighted by molar-refractivity contribution is 0.479. The summed E-state index contributed by atoms with van der Waals surface area (Å²) >= 11 is 1.27. The first-order valence-electron chi connectivity index (χ1n) is 6.53. The highest BCUT2D eigenvalue weighted by Gasteiger charge is 2.19. The summed E-state index contributed by atoms with van der Waals surface area (Å²) in [7, 11) is 1.67. The molecule has 2 aromatic carbocycles. The topological polar surface area (TPSA) is 12.0 Å². The van der Waals surface area contributed by atoms with Crippen LogP contribution < -0.4 is 5.32 Å². The predicted molar refractivity (Wildman–Crippen MR) is 80.0 cm³/mol. The van der Waals surface area contributed by atoms with Crippen molar-refractivity contribution in [2.45, 2.75) is 17.9 Å². The van der Waals surface area contributed by atoms with Gasteiger partial charge in [-0.1, -0.05) is 24.3 Å². The second-order valence-electron chi connectivity index (χ2n) is 4.68. The van der Waals surface area contributed by atoms with Crippen molar-refractivity contribution in [3.63, 3.8) is 0 Å². The van der Waals surface area contributed by atoms with Gasteiger partial charge in [0.15, 0.2) is 11.6 Å². The lowest BCUT2D eigenvalue weighted by Crippen LogP contribution is -2.20. The molecule has 0 aromatic heterocycles. The molecule has 2 aromatic rings. The van der Waals surface area contributed by atoms with Crippen molar-refractivity contribution in [2.75, 3.05) is 12.8 Å². The Labute approximate surface area is 126 Å². The van der Waals surface area contributed by atoms with Crippen LogP contribution in [0, 0.1) is 24.4 Å². The molecule has 0 amide bonds. The fourth-order valence-electron chi connectivity index (χ4n) is 1.99. The van der Waals surface area contributed by atoms with Crippen LogP contribution in [-0.2, 0) is 0 Å². The smallest absolute Gasteiger partial charge is 0.163 e. The van der Waals surface area contributed by atoms with Crippen LogP contribution in [0.25, 0.3) is 0 Å². The summed E-state index contributed by atoms with van der Waals surface area (Å²) in [6, 6.07) is 9.12. The molecule has 0 aliphatic rings. The van der Waals surface area contributed by atoms with E-state index in [1.807, 2.05) is 0 Å². The van der Waals surface area contributed by atoms with Gasteiger partial charge in [-0.3, -0.25) is 0 Å². The largest absolute Gasteiger partial charge is 0.312 e.